The molecule has 0 aliphatic carbocycles. The highest BCUT2D eigenvalue weighted by Crippen LogP contribution is 2.28. The third-order valence-electron chi connectivity index (χ3n) is 2.92. The molecule has 0 radical (unpaired) electrons. The number of hydrogen-bond donors (Lipinski definition) is 1. The first-order valence-corrected chi connectivity index (χ1v) is 5.82. The summed E-state index contributed by atoms with van der Waals surface area (Å²) < 4.78 is 5.48. The Bertz CT molecular complexity index is 826. The van der Waals surface area contributed by atoms with Crippen LogP contribution in [0.4, 0.5) is 11.4 Å². The molecule has 2 heterocycles. The van der Waals surface area contributed by atoms with Gasteiger partial charge in [-0.3, -0.25) is 10.1 Å². The third-order valence-corrected chi connectivity index (χ3v) is 2.92. The molecule has 0 spiro atoms. The first kappa shape index (κ1) is 12.1. The van der Waals surface area contributed by atoms with Crippen molar-refractivity contribution in [2.24, 2.45) is 0 Å². The molecule has 0 aliphatic rings. The Morgan fingerprint density at radius 2 is 2.15 bits per heavy atom. The highest BCUT2D eigenvalue weighted by Gasteiger charge is 2.15. The molecule has 0 saturated heterocycles. The maximum absolute atomic E-state index is 10.9. The van der Waals surface area contributed by atoms with Gasteiger partial charge in [-0.25, -0.2) is 9.97 Å². The van der Waals surface area contributed by atoms with Crippen molar-refractivity contribution >= 4 is 22.6 Å². The van der Waals surface area contributed by atoms with Crippen molar-refractivity contribution in [3.05, 3.63) is 46.1 Å². The highest BCUT2D eigenvalue weighted by molar-refractivity contribution is 5.76. The summed E-state index contributed by atoms with van der Waals surface area (Å²) in [4.78, 5) is 18.8. The number of benzene rings is 1. The van der Waals surface area contributed by atoms with E-state index in [9.17, 15) is 10.1 Å². The molecule has 0 bridgehead atoms. The largest absolute Gasteiger partial charge is 0.418 e. The Morgan fingerprint density at radius 1 is 1.35 bits per heavy atom. The van der Waals surface area contributed by atoms with Crippen LogP contribution < -0.4 is 5.73 Å². The SMILES string of the molecule is Cc1ccc(-c2nc3cc(N)cnc3o2)cc1[N+](=O)[O-]. The van der Waals surface area contributed by atoms with Crippen molar-refractivity contribution < 1.29 is 9.34 Å². The summed E-state index contributed by atoms with van der Waals surface area (Å²) in [7, 11) is 0. The number of nitrogen functional groups attached to an aromatic ring is 1. The fourth-order valence-corrected chi connectivity index (χ4v) is 1.90. The molecule has 0 atom stereocenters. The zero-order valence-electron chi connectivity index (χ0n) is 10.5. The van der Waals surface area contributed by atoms with Crippen LogP contribution in [0.1, 0.15) is 5.56 Å². The minimum absolute atomic E-state index is 0.0252. The highest BCUT2D eigenvalue weighted by atomic mass is 16.6. The van der Waals surface area contributed by atoms with Crippen LogP contribution in [0.3, 0.4) is 0 Å². The lowest BCUT2D eigenvalue weighted by Gasteiger charge is -1.99. The Labute approximate surface area is 113 Å². The lowest BCUT2D eigenvalue weighted by molar-refractivity contribution is -0.385. The summed E-state index contributed by atoms with van der Waals surface area (Å²) in [5.41, 5.74) is 8.10. The Kier molecular flexibility index (Phi) is 2.60. The number of aryl methyl sites for hydroxylation is 1. The summed E-state index contributed by atoms with van der Waals surface area (Å²) in [6.07, 6.45) is 1.47. The van der Waals surface area contributed by atoms with Gasteiger partial charge in [0.2, 0.25) is 11.6 Å². The zero-order chi connectivity index (χ0) is 14.3. The molecule has 0 saturated carbocycles. The number of fused-ring (bicyclic) bond motifs is 1. The van der Waals surface area contributed by atoms with Crippen molar-refractivity contribution in [1.29, 1.82) is 0 Å². The number of nitrogens with zero attached hydrogens (tertiary/aromatic N) is 3. The van der Waals surface area contributed by atoms with Crippen molar-refractivity contribution in [2.45, 2.75) is 6.92 Å². The van der Waals surface area contributed by atoms with Gasteiger partial charge in [-0.2, -0.15) is 0 Å². The van der Waals surface area contributed by atoms with E-state index in [0.29, 0.717) is 28.0 Å². The van der Waals surface area contributed by atoms with Crippen molar-refractivity contribution in [3.8, 4) is 11.5 Å². The summed E-state index contributed by atoms with van der Waals surface area (Å²) >= 11 is 0. The van der Waals surface area contributed by atoms with Crippen LogP contribution in [0.15, 0.2) is 34.9 Å². The van der Waals surface area contributed by atoms with Gasteiger partial charge in [0.05, 0.1) is 16.8 Å². The maximum Gasteiger partial charge on any atom is 0.273 e. The van der Waals surface area contributed by atoms with Crippen LogP contribution in [0.2, 0.25) is 0 Å². The van der Waals surface area contributed by atoms with Gasteiger partial charge < -0.3 is 10.2 Å². The number of nitro benzene ring substituents is 1. The van der Waals surface area contributed by atoms with Gasteiger partial charge in [0.15, 0.2) is 0 Å². The minimum Gasteiger partial charge on any atom is -0.418 e. The standard InChI is InChI=1S/C13H10N4O3/c1-7-2-3-8(4-11(7)17(18)19)12-16-10-5-9(14)6-15-13(10)20-12/h2-6H,14H2,1H3. The Morgan fingerprint density at radius 3 is 2.90 bits per heavy atom. The second kappa shape index (κ2) is 4.30. The topological polar surface area (TPSA) is 108 Å². The molecule has 1 aromatic carbocycles. The van der Waals surface area contributed by atoms with E-state index in [-0.39, 0.29) is 11.6 Å². The van der Waals surface area contributed by atoms with Crippen LogP contribution in [-0.4, -0.2) is 14.9 Å². The van der Waals surface area contributed by atoms with Crippen LogP contribution in [0.5, 0.6) is 0 Å². The summed E-state index contributed by atoms with van der Waals surface area (Å²) in [5.74, 6) is 0.279. The van der Waals surface area contributed by atoms with Gasteiger partial charge in [0, 0.05) is 17.2 Å². The first-order valence-electron chi connectivity index (χ1n) is 5.82. The summed E-state index contributed by atoms with van der Waals surface area (Å²) in [6, 6.07) is 6.45. The normalized spacial score (nSPS) is 10.8. The van der Waals surface area contributed by atoms with Gasteiger partial charge in [0.25, 0.3) is 5.69 Å². The molecule has 7 heteroatoms. The molecule has 20 heavy (non-hydrogen) atoms. The molecule has 3 rings (SSSR count). The van der Waals surface area contributed by atoms with Crippen molar-refractivity contribution in [2.75, 3.05) is 5.73 Å². The van der Waals surface area contributed by atoms with E-state index in [1.165, 1.54) is 12.3 Å². The molecule has 0 aliphatic heterocycles. The van der Waals surface area contributed by atoms with E-state index in [2.05, 4.69) is 9.97 Å². The number of nitro groups is 1. The third kappa shape index (κ3) is 1.95. The minimum atomic E-state index is -0.433. The Balaban J connectivity index is 2.15. The number of oxazole rings is 1. The van der Waals surface area contributed by atoms with Gasteiger partial charge >= 0.3 is 0 Å². The molecule has 0 amide bonds. The van der Waals surface area contributed by atoms with Crippen molar-refractivity contribution in [1.82, 2.24) is 9.97 Å². The van der Waals surface area contributed by atoms with E-state index in [1.807, 2.05) is 0 Å². The number of nitrogens with two attached hydrogens (primary N) is 1. The molecule has 2 N–H and O–H groups in total. The smallest absolute Gasteiger partial charge is 0.273 e. The van der Waals surface area contributed by atoms with Crippen LogP contribution in [-0.2, 0) is 0 Å². The number of pyridine rings is 1. The van der Waals surface area contributed by atoms with E-state index >= 15 is 0 Å². The lowest BCUT2D eigenvalue weighted by atomic mass is 10.1. The molecular formula is C13H10N4O3. The van der Waals surface area contributed by atoms with Crippen LogP contribution in [0, 0.1) is 17.0 Å². The monoisotopic (exact) mass is 270 g/mol. The van der Waals surface area contributed by atoms with Gasteiger partial charge in [-0.15, -0.1) is 0 Å². The predicted molar refractivity (Wildman–Crippen MR) is 73.0 cm³/mol. The zero-order valence-corrected chi connectivity index (χ0v) is 10.5. The molecule has 2 aromatic heterocycles. The van der Waals surface area contributed by atoms with Gasteiger partial charge in [-0.05, 0) is 19.1 Å². The average molecular weight is 270 g/mol. The number of rotatable bonds is 2. The van der Waals surface area contributed by atoms with Crippen molar-refractivity contribution in [3.63, 3.8) is 0 Å². The quantitative estimate of drug-likeness (QED) is 0.566. The van der Waals surface area contributed by atoms with Gasteiger partial charge in [0.1, 0.15) is 5.52 Å². The molecule has 7 nitrogen and oxygen atoms in total. The fourth-order valence-electron chi connectivity index (χ4n) is 1.90. The second-order valence-electron chi connectivity index (χ2n) is 4.37. The van der Waals surface area contributed by atoms with E-state index in [1.54, 1.807) is 25.1 Å². The van der Waals surface area contributed by atoms with Crippen LogP contribution in [0.25, 0.3) is 22.7 Å². The van der Waals surface area contributed by atoms with E-state index < -0.39 is 4.92 Å². The lowest BCUT2D eigenvalue weighted by Crippen LogP contribution is -1.92. The second-order valence-corrected chi connectivity index (χ2v) is 4.37. The molecule has 3 aromatic rings. The average Bonchev–Trinajstić information content (AvgIpc) is 2.81. The Hall–Kier alpha value is -2.96. The van der Waals surface area contributed by atoms with E-state index in [4.69, 9.17) is 10.2 Å². The van der Waals surface area contributed by atoms with Crippen LogP contribution >= 0.6 is 0 Å². The molecule has 100 valence electrons. The number of anilines is 1. The molecule has 0 unspecified atom stereocenters. The molecule has 0 fully saturated rings. The fraction of sp³-hybridized carbons (Fsp3) is 0.0769. The number of hydrogen-bond acceptors (Lipinski definition) is 6. The summed E-state index contributed by atoms with van der Waals surface area (Å²) in [5, 5.41) is 10.9. The maximum atomic E-state index is 10.9. The number of aromatic nitrogens is 2. The summed E-state index contributed by atoms with van der Waals surface area (Å²) in [6.45, 7) is 1.68. The predicted octanol–water partition coefficient (Wildman–Crippen LogP) is 2.69. The van der Waals surface area contributed by atoms with Gasteiger partial charge in [-0.1, -0.05) is 6.07 Å². The first-order chi connectivity index (χ1) is 9.54. The molecular weight excluding hydrogens is 260 g/mol. The van der Waals surface area contributed by atoms with E-state index in [0.717, 1.165) is 0 Å².